The maximum atomic E-state index is 11.7. The molecule has 0 unspecified atom stereocenters. The Morgan fingerprint density at radius 1 is 1.28 bits per heavy atom. The van der Waals surface area contributed by atoms with E-state index in [1.807, 2.05) is 0 Å². The van der Waals surface area contributed by atoms with Crippen LogP contribution in [0.3, 0.4) is 0 Å². The van der Waals surface area contributed by atoms with Gasteiger partial charge in [-0.3, -0.25) is 10.2 Å². The Labute approximate surface area is 105 Å². The van der Waals surface area contributed by atoms with E-state index in [-0.39, 0.29) is 19.8 Å². The van der Waals surface area contributed by atoms with Crippen molar-refractivity contribution in [1.82, 2.24) is 10.2 Å². The number of ether oxygens (including phenoxy) is 2. The molecule has 0 spiro atoms. The molecule has 0 aromatic rings. The summed E-state index contributed by atoms with van der Waals surface area (Å²) < 4.78 is 9.61. The summed E-state index contributed by atoms with van der Waals surface area (Å²) in [6.07, 6.45) is 1.35. The minimum Gasteiger partial charge on any atom is -0.450 e. The molecule has 0 aromatic carbocycles. The van der Waals surface area contributed by atoms with Crippen molar-refractivity contribution in [2.24, 2.45) is 0 Å². The van der Waals surface area contributed by atoms with E-state index in [2.05, 4.69) is 5.32 Å². The third kappa shape index (κ3) is 3.36. The molecule has 18 heavy (non-hydrogen) atoms. The average molecular weight is 258 g/mol. The Morgan fingerprint density at radius 2 is 1.94 bits per heavy atom. The van der Waals surface area contributed by atoms with Gasteiger partial charge in [0.15, 0.2) is 0 Å². The molecule has 7 heteroatoms. The van der Waals surface area contributed by atoms with Gasteiger partial charge in [0.1, 0.15) is 6.17 Å². The minimum absolute atomic E-state index is 0.222. The predicted molar refractivity (Wildman–Crippen MR) is 62.8 cm³/mol. The largest absolute Gasteiger partial charge is 0.450 e. The van der Waals surface area contributed by atoms with Crippen LogP contribution in [0.5, 0.6) is 0 Å². The molecule has 2 atom stereocenters. The van der Waals surface area contributed by atoms with Crippen molar-refractivity contribution in [3.8, 4) is 0 Å². The average Bonchev–Trinajstić information content (AvgIpc) is 2.72. The molecule has 0 aromatic heterocycles. The molecule has 0 bridgehead atoms. The van der Waals surface area contributed by atoms with Crippen molar-refractivity contribution in [2.45, 2.75) is 26.1 Å². The number of rotatable bonds is 4. The summed E-state index contributed by atoms with van der Waals surface area (Å²) >= 11 is 0. The molecule has 0 radical (unpaired) electrons. The second-order valence-corrected chi connectivity index (χ2v) is 3.55. The summed E-state index contributed by atoms with van der Waals surface area (Å²) in [5, 5.41) is 11.7. The number of hydrogen-bond donors (Lipinski definition) is 2. The Hall–Kier alpha value is -1.76. The first-order valence-electron chi connectivity index (χ1n) is 5.81. The number of amides is 2. The van der Waals surface area contributed by atoms with Crippen molar-refractivity contribution in [3.05, 3.63) is 12.2 Å². The van der Waals surface area contributed by atoms with Crippen LogP contribution >= 0.6 is 0 Å². The van der Waals surface area contributed by atoms with E-state index in [1.54, 1.807) is 26.0 Å². The SMILES string of the molecule is CCOC(=O)N[C@H]1C=C[C@@H](CO)N1C(=O)OCC. The lowest BCUT2D eigenvalue weighted by Crippen LogP contribution is -2.51. The standard InChI is InChI=1S/C11H18N2O5/c1-3-17-10(15)12-9-6-5-8(7-14)13(9)11(16)18-4-2/h5-6,8-9,14H,3-4,7H2,1-2H3,(H,12,15)/t8-,9+/m0/s1. The number of alkyl carbamates (subject to hydrolysis) is 1. The quantitative estimate of drug-likeness (QED) is 0.715. The zero-order chi connectivity index (χ0) is 13.5. The number of nitrogens with one attached hydrogen (secondary N) is 1. The Morgan fingerprint density at radius 3 is 2.50 bits per heavy atom. The van der Waals surface area contributed by atoms with Crippen molar-refractivity contribution in [1.29, 1.82) is 0 Å². The van der Waals surface area contributed by atoms with Gasteiger partial charge in [-0.25, -0.2) is 9.59 Å². The molecule has 102 valence electrons. The third-order valence-electron chi connectivity index (χ3n) is 2.38. The monoisotopic (exact) mass is 258 g/mol. The van der Waals surface area contributed by atoms with Crippen LogP contribution in [0.15, 0.2) is 12.2 Å². The highest BCUT2D eigenvalue weighted by Gasteiger charge is 2.34. The van der Waals surface area contributed by atoms with Gasteiger partial charge in [0.05, 0.1) is 25.9 Å². The molecule has 2 amide bonds. The fourth-order valence-electron chi connectivity index (χ4n) is 1.63. The first kappa shape index (κ1) is 14.3. The second kappa shape index (κ2) is 6.85. The van der Waals surface area contributed by atoms with Gasteiger partial charge in [0, 0.05) is 0 Å². The number of nitrogens with zero attached hydrogens (tertiary/aromatic N) is 1. The number of aliphatic hydroxyl groups is 1. The Kier molecular flexibility index (Phi) is 5.44. The molecule has 1 aliphatic rings. The van der Waals surface area contributed by atoms with Crippen LogP contribution in [0.1, 0.15) is 13.8 Å². The van der Waals surface area contributed by atoms with Gasteiger partial charge in [0.2, 0.25) is 0 Å². The lowest BCUT2D eigenvalue weighted by Gasteiger charge is -2.28. The van der Waals surface area contributed by atoms with Crippen molar-refractivity contribution >= 4 is 12.2 Å². The number of carbonyl (C=O) groups excluding carboxylic acids is 2. The number of aliphatic hydroxyl groups excluding tert-OH is 1. The van der Waals surface area contributed by atoms with Gasteiger partial charge in [-0.05, 0) is 19.9 Å². The van der Waals surface area contributed by atoms with E-state index in [1.165, 1.54) is 4.90 Å². The molecule has 0 saturated carbocycles. The summed E-state index contributed by atoms with van der Waals surface area (Å²) in [4.78, 5) is 24.3. The normalized spacial score (nSPS) is 21.8. The molecule has 0 aliphatic carbocycles. The van der Waals surface area contributed by atoms with Gasteiger partial charge in [-0.1, -0.05) is 6.08 Å². The maximum Gasteiger partial charge on any atom is 0.412 e. The fraction of sp³-hybridized carbons (Fsp3) is 0.636. The summed E-state index contributed by atoms with van der Waals surface area (Å²) in [7, 11) is 0. The second-order valence-electron chi connectivity index (χ2n) is 3.55. The van der Waals surface area contributed by atoms with E-state index < -0.39 is 24.4 Å². The Balaban J connectivity index is 2.67. The Bertz CT molecular complexity index is 331. The van der Waals surface area contributed by atoms with Crippen LogP contribution < -0.4 is 5.32 Å². The number of hydrogen-bond acceptors (Lipinski definition) is 5. The summed E-state index contributed by atoms with van der Waals surface area (Å²) in [6.45, 7) is 3.59. The summed E-state index contributed by atoms with van der Waals surface area (Å²) in [5.74, 6) is 0. The van der Waals surface area contributed by atoms with Gasteiger partial charge in [0.25, 0.3) is 0 Å². The van der Waals surface area contributed by atoms with E-state index in [0.717, 1.165) is 0 Å². The lowest BCUT2D eigenvalue weighted by molar-refractivity contribution is 0.0699. The van der Waals surface area contributed by atoms with Crippen LogP contribution in [0, 0.1) is 0 Å². The molecule has 0 saturated heterocycles. The highest BCUT2D eigenvalue weighted by atomic mass is 16.6. The van der Waals surface area contributed by atoms with E-state index >= 15 is 0 Å². The van der Waals surface area contributed by atoms with Gasteiger partial charge in [-0.15, -0.1) is 0 Å². The predicted octanol–water partition coefficient (Wildman–Crippen LogP) is 0.448. The van der Waals surface area contributed by atoms with Crippen LogP contribution in [0.25, 0.3) is 0 Å². The van der Waals surface area contributed by atoms with Crippen molar-refractivity contribution < 1.29 is 24.2 Å². The molecule has 2 N–H and O–H groups in total. The van der Waals surface area contributed by atoms with E-state index in [9.17, 15) is 9.59 Å². The van der Waals surface area contributed by atoms with Gasteiger partial charge in [-0.2, -0.15) is 0 Å². The molecular formula is C11H18N2O5. The topological polar surface area (TPSA) is 88.1 Å². The van der Waals surface area contributed by atoms with Crippen molar-refractivity contribution in [2.75, 3.05) is 19.8 Å². The molecule has 1 aliphatic heterocycles. The zero-order valence-electron chi connectivity index (χ0n) is 10.5. The molecule has 1 heterocycles. The van der Waals surface area contributed by atoms with Gasteiger partial charge >= 0.3 is 12.2 Å². The highest BCUT2D eigenvalue weighted by molar-refractivity contribution is 5.73. The highest BCUT2D eigenvalue weighted by Crippen LogP contribution is 2.16. The first-order valence-corrected chi connectivity index (χ1v) is 5.81. The molecular weight excluding hydrogens is 240 g/mol. The van der Waals surface area contributed by atoms with Gasteiger partial charge < -0.3 is 14.6 Å². The number of carbonyl (C=O) groups is 2. The lowest BCUT2D eigenvalue weighted by atomic mass is 10.3. The third-order valence-corrected chi connectivity index (χ3v) is 2.38. The fourth-order valence-corrected chi connectivity index (χ4v) is 1.63. The van der Waals surface area contributed by atoms with Crippen molar-refractivity contribution in [3.63, 3.8) is 0 Å². The van der Waals surface area contributed by atoms with Crippen LogP contribution in [0.4, 0.5) is 9.59 Å². The van der Waals surface area contributed by atoms with Crippen LogP contribution in [0.2, 0.25) is 0 Å². The summed E-state index contributed by atoms with van der Waals surface area (Å²) in [5.41, 5.74) is 0. The summed E-state index contributed by atoms with van der Waals surface area (Å²) in [6, 6.07) is -0.504. The van der Waals surface area contributed by atoms with E-state index in [4.69, 9.17) is 14.6 Å². The zero-order valence-corrected chi connectivity index (χ0v) is 10.5. The molecule has 0 fully saturated rings. The maximum absolute atomic E-state index is 11.7. The van der Waals surface area contributed by atoms with E-state index in [0.29, 0.717) is 0 Å². The van der Waals surface area contributed by atoms with Crippen LogP contribution in [-0.2, 0) is 9.47 Å². The molecule has 1 rings (SSSR count). The molecule has 7 nitrogen and oxygen atoms in total. The smallest absolute Gasteiger partial charge is 0.412 e. The first-order chi connectivity index (χ1) is 8.63. The van der Waals surface area contributed by atoms with Crippen LogP contribution in [-0.4, -0.2) is 54.2 Å². The minimum atomic E-state index is -0.666.